The van der Waals surface area contributed by atoms with Crippen molar-refractivity contribution in [1.82, 2.24) is 14.3 Å². The maximum atomic E-state index is 12.5. The van der Waals surface area contributed by atoms with E-state index in [1.54, 1.807) is 22.7 Å². The molecule has 1 saturated heterocycles. The van der Waals surface area contributed by atoms with E-state index in [1.165, 1.54) is 4.90 Å². The third-order valence-electron chi connectivity index (χ3n) is 3.51. The van der Waals surface area contributed by atoms with Gasteiger partial charge >= 0.3 is 5.97 Å². The zero-order chi connectivity index (χ0) is 14.3. The summed E-state index contributed by atoms with van der Waals surface area (Å²) in [6, 6.07) is 5.35. The van der Waals surface area contributed by atoms with E-state index < -0.39 is 11.9 Å². The van der Waals surface area contributed by atoms with Crippen LogP contribution < -0.4 is 0 Å². The van der Waals surface area contributed by atoms with Crippen LogP contribution in [0.2, 0.25) is 5.15 Å². The van der Waals surface area contributed by atoms with Crippen LogP contribution in [0.15, 0.2) is 24.4 Å². The lowest BCUT2D eigenvalue weighted by molar-refractivity contribution is -0.141. The number of likely N-dealkylation sites (tertiary alicyclic amines) is 1. The summed E-state index contributed by atoms with van der Waals surface area (Å²) in [6.07, 6.45) is 2.18. The Morgan fingerprint density at radius 1 is 1.40 bits per heavy atom. The number of carboxylic acid groups (broad SMARTS) is 1. The SMILES string of the molecule is O=C(O)C1CCN(C(=O)c2c(Cl)nc3ccccn23)C1. The standard InChI is InChI=1S/C13H12ClN3O3/c14-11-10(17-5-2-1-3-9(17)15-11)12(18)16-6-4-8(7-16)13(19)20/h1-3,5,8H,4,6-7H2,(H,19,20). The molecule has 6 nitrogen and oxygen atoms in total. The van der Waals surface area contributed by atoms with Crippen molar-refractivity contribution in [3.8, 4) is 0 Å². The number of pyridine rings is 1. The lowest BCUT2D eigenvalue weighted by Crippen LogP contribution is -2.31. The van der Waals surface area contributed by atoms with Gasteiger partial charge in [-0.1, -0.05) is 17.7 Å². The molecule has 3 heterocycles. The van der Waals surface area contributed by atoms with Crippen molar-refractivity contribution in [3.05, 3.63) is 35.2 Å². The molecule has 20 heavy (non-hydrogen) atoms. The normalized spacial score (nSPS) is 18.6. The minimum Gasteiger partial charge on any atom is -0.481 e. The number of halogens is 1. The first-order chi connectivity index (χ1) is 9.58. The molecule has 0 spiro atoms. The van der Waals surface area contributed by atoms with E-state index in [-0.39, 0.29) is 23.3 Å². The third-order valence-corrected chi connectivity index (χ3v) is 3.78. The van der Waals surface area contributed by atoms with Crippen LogP contribution in [-0.2, 0) is 4.79 Å². The first kappa shape index (κ1) is 12.9. The Morgan fingerprint density at radius 2 is 2.20 bits per heavy atom. The first-order valence-electron chi connectivity index (χ1n) is 6.22. The molecule has 104 valence electrons. The van der Waals surface area contributed by atoms with Gasteiger partial charge in [-0.2, -0.15) is 0 Å². The van der Waals surface area contributed by atoms with Crippen molar-refractivity contribution < 1.29 is 14.7 Å². The Balaban J connectivity index is 1.94. The van der Waals surface area contributed by atoms with Gasteiger partial charge in [0.25, 0.3) is 5.91 Å². The number of hydrogen-bond donors (Lipinski definition) is 1. The zero-order valence-electron chi connectivity index (χ0n) is 10.5. The second-order valence-electron chi connectivity index (χ2n) is 4.76. The van der Waals surface area contributed by atoms with E-state index in [2.05, 4.69) is 4.98 Å². The molecular weight excluding hydrogens is 282 g/mol. The number of rotatable bonds is 2. The average molecular weight is 294 g/mol. The molecule has 0 aliphatic carbocycles. The number of carboxylic acids is 1. The van der Waals surface area contributed by atoms with Gasteiger partial charge in [0.15, 0.2) is 10.8 Å². The Hall–Kier alpha value is -2.08. The van der Waals surface area contributed by atoms with Crippen molar-refractivity contribution in [2.75, 3.05) is 13.1 Å². The average Bonchev–Trinajstić information content (AvgIpc) is 3.01. The lowest BCUT2D eigenvalue weighted by Gasteiger charge is -2.15. The Labute approximate surface area is 119 Å². The maximum Gasteiger partial charge on any atom is 0.308 e. The van der Waals surface area contributed by atoms with Crippen molar-refractivity contribution in [1.29, 1.82) is 0 Å². The van der Waals surface area contributed by atoms with Gasteiger partial charge in [-0.25, -0.2) is 4.98 Å². The van der Waals surface area contributed by atoms with Gasteiger partial charge in [0.2, 0.25) is 0 Å². The Kier molecular flexibility index (Phi) is 3.10. The highest BCUT2D eigenvalue weighted by atomic mass is 35.5. The van der Waals surface area contributed by atoms with Crippen LogP contribution in [0.25, 0.3) is 5.65 Å². The van der Waals surface area contributed by atoms with Crippen LogP contribution in [0, 0.1) is 5.92 Å². The summed E-state index contributed by atoms with van der Waals surface area (Å²) in [5.74, 6) is -1.65. The second kappa shape index (κ2) is 4.79. The van der Waals surface area contributed by atoms with Crippen LogP contribution in [-0.4, -0.2) is 44.4 Å². The highest BCUT2D eigenvalue weighted by Gasteiger charge is 2.33. The van der Waals surface area contributed by atoms with Gasteiger partial charge < -0.3 is 10.0 Å². The van der Waals surface area contributed by atoms with Crippen LogP contribution in [0.4, 0.5) is 0 Å². The highest BCUT2D eigenvalue weighted by molar-refractivity contribution is 6.32. The molecule has 2 aromatic heterocycles. The molecule has 0 aromatic carbocycles. The molecule has 1 aliphatic rings. The summed E-state index contributed by atoms with van der Waals surface area (Å²) in [7, 11) is 0. The quantitative estimate of drug-likeness (QED) is 0.911. The molecule has 2 aromatic rings. The van der Waals surface area contributed by atoms with E-state index in [4.69, 9.17) is 16.7 Å². The predicted molar refractivity (Wildman–Crippen MR) is 71.8 cm³/mol. The third kappa shape index (κ3) is 2.02. The number of hydrogen-bond acceptors (Lipinski definition) is 3. The smallest absolute Gasteiger partial charge is 0.308 e. The molecular formula is C13H12ClN3O3. The summed E-state index contributed by atoms with van der Waals surface area (Å²) in [5.41, 5.74) is 0.878. The number of carbonyl (C=O) groups excluding carboxylic acids is 1. The van der Waals surface area contributed by atoms with Crippen LogP contribution in [0.3, 0.4) is 0 Å². The number of aliphatic carboxylic acids is 1. The van der Waals surface area contributed by atoms with Crippen molar-refractivity contribution in [3.63, 3.8) is 0 Å². The molecule has 1 fully saturated rings. The summed E-state index contributed by atoms with van der Waals surface area (Å²) < 4.78 is 1.62. The Bertz CT molecular complexity index is 697. The predicted octanol–water partition coefficient (Wildman–Crippen LogP) is 1.53. The molecule has 1 unspecified atom stereocenters. The molecule has 0 radical (unpaired) electrons. The maximum absolute atomic E-state index is 12.5. The molecule has 1 N–H and O–H groups in total. The van der Waals surface area contributed by atoms with Crippen LogP contribution >= 0.6 is 11.6 Å². The minimum atomic E-state index is -0.871. The molecule has 0 bridgehead atoms. The highest BCUT2D eigenvalue weighted by Crippen LogP contribution is 2.23. The van der Waals surface area contributed by atoms with E-state index in [9.17, 15) is 9.59 Å². The van der Waals surface area contributed by atoms with E-state index >= 15 is 0 Å². The largest absolute Gasteiger partial charge is 0.481 e. The summed E-state index contributed by atoms with van der Waals surface area (Å²) >= 11 is 6.04. The fourth-order valence-corrected chi connectivity index (χ4v) is 2.71. The fraction of sp³-hybridized carbons (Fsp3) is 0.308. The second-order valence-corrected chi connectivity index (χ2v) is 5.11. The van der Waals surface area contributed by atoms with Crippen LogP contribution in [0.5, 0.6) is 0 Å². The monoisotopic (exact) mass is 293 g/mol. The lowest BCUT2D eigenvalue weighted by atomic mass is 10.1. The number of nitrogens with zero attached hydrogens (tertiary/aromatic N) is 3. The van der Waals surface area contributed by atoms with Gasteiger partial charge in [0.1, 0.15) is 5.65 Å². The summed E-state index contributed by atoms with van der Waals surface area (Å²) in [4.78, 5) is 29.1. The first-order valence-corrected chi connectivity index (χ1v) is 6.60. The van der Waals surface area contributed by atoms with Crippen LogP contribution in [0.1, 0.15) is 16.9 Å². The van der Waals surface area contributed by atoms with E-state index in [0.717, 1.165) is 0 Å². The molecule has 1 aliphatic heterocycles. The molecule has 1 amide bonds. The number of imidazole rings is 1. The van der Waals surface area contributed by atoms with Gasteiger partial charge in [-0.3, -0.25) is 14.0 Å². The summed E-state index contributed by atoms with van der Waals surface area (Å²) in [6.45, 7) is 0.636. The topological polar surface area (TPSA) is 74.9 Å². The number of carbonyl (C=O) groups is 2. The summed E-state index contributed by atoms with van der Waals surface area (Å²) in [5, 5.41) is 9.13. The van der Waals surface area contributed by atoms with Gasteiger partial charge in [0.05, 0.1) is 5.92 Å². The number of amides is 1. The molecule has 3 rings (SSSR count). The van der Waals surface area contributed by atoms with Crippen molar-refractivity contribution in [2.24, 2.45) is 5.92 Å². The van der Waals surface area contributed by atoms with E-state index in [1.807, 2.05) is 6.07 Å². The van der Waals surface area contributed by atoms with E-state index in [0.29, 0.717) is 18.6 Å². The molecule has 0 saturated carbocycles. The van der Waals surface area contributed by atoms with Gasteiger partial charge in [0, 0.05) is 19.3 Å². The zero-order valence-corrected chi connectivity index (χ0v) is 11.2. The number of aromatic nitrogens is 2. The minimum absolute atomic E-state index is 0.139. The number of fused-ring (bicyclic) bond motifs is 1. The Morgan fingerprint density at radius 3 is 2.90 bits per heavy atom. The van der Waals surface area contributed by atoms with Crippen molar-refractivity contribution >= 4 is 29.1 Å². The molecule has 7 heteroatoms. The molecule has 1 atom stereocenters. The van der Waals surface area contributed by atoms with Gasteiger partial charge in [-0.05, 0) is 18.6 Å². The van der Waals surface area contributed by atoms with Crippen molar-refractivity contribution in [2.45, 2.75) is 6.42 Å². The van der Waals surface area contributed by atoms with Gasteiger partial charge in [-0.15, -0.1) is 0 Å². The fourth-order valence-electron chi connectivity index (χ4n) is 2.45.